The molecule has 0 spiro atoms. The van der Waals surface area contributed by atoms with Gasteiger partial charge >= 0.3 is 0 Å². The van der Waals surface area contributed by atoms with E-state index in [1.165, 1.54) is 11.8 Å². The van der Waals surface area contributed by atoms with E-state index in [1.54, 1.807) is 30.5 Å². The highest BCUT2D eigenvalue weighted by atomic mass is 35.5. The molecule has 4 nitrogen and oxygen atoms in total. The normalized spacial score (nSPS) is 11.3. The molecule has 0 radical (unpaired) electrons. The van der Waals surface area contributed by atoms with Crippen LogP contribution >= 0.6 is 58.2 Å². The largest absolute Gasteiger partial charge is 0.318 e. The lowest BCUT2D eigenvalue weighted by Crippen LogP contribution is -2.19. The van der Waals surface area contributed by atoms with Gasteiger partial charge in [-0.1, -0.05) is 52.5 Å². The van der Waals surface area contributed by atoms with E-state index in [0.29, 0.717) is 25.8 Å². The van der Waals surface area contributed by atoms with Gasteiger partial charge in [-0.15, -0.1) is 11.8 Å². The Morgan fingerprint density at radius 3 is 2.35 bits per heavy atom. The number of carbonyl (C=O) groups excluding carboxylic acids is 1. The minimum Gasteiger partial charge on any atom is -0.318 e. The number of benzene rings is 2. The molecule has 31 heavy (non-hydrogen) atoms. The molecule has 0 fully saturated rings. The van der Waals surface area contributed by atoms with Crippen molar-refractivity contribution < 1.29 is 4.79 Å². The quantitative estimate of drug-likeness (QED) is 0.270. The van der Waals surface area contributed by atoms with Crippen molar-refractivity contribution in [3.8, 4) is 5.69 Å². The van der Waals surface area contributed by atoms with Crippen molar-refractivity contribution in [2.45, 2.75) is 19.6 Å². The van der Waals surface area contributed by atoms with Gasteiger partial charge in [-0.3, -0.25) is 4.79 Å². The van der Waals surface area contributed by atoms with Crippen LogP contribution in [0.2, 0.25) is 20.1 Å². The summed E-state index contributed by atoms with van der Waals surface area (Å²) in [5.74, 6) is 0.567. The van der Waals surface area contributed by atoms with Gasteiger partial charge in [0.1, 0.15) is 0 Å². The fourth-order valence-corrected chi connectivity index (χ4v) is 5.18. The highest BCUT2D eigenvalue weighted by Crippen LogP contribution is 2.28. The van der Waals surface area contributed by atoms with Crippen LogP contribution in [-0.2, 0) is 10.5 Å². The fraction of sp³-hybridized carbons (Fsp3) is 0.182. The van der Waals surface area contributed by atoms with E-state index in [0.717, 1.165) is 28.2 Å². The first-order chi connectivity index (χ1) is 14.8. The molecule has 0 unspecified atom stereocenters. The molecule has 0 saturated carbocycles. The maximum Gasteiger partial charge on any atom is 0.250 e. The van der Waals surface area contributed by atoms with E-state index >= 15 is 0 Å². The first-order valence-corrected chi connectivity index (χ1v) is 11.9. The van der Waals surface area contributed by atoms with Crippen LogP contribution < -0.4 is 5.43 Å². The molecule has 1 aromatic heterocycles. The monoisotopic (exact) mass is 513 g/mol. The van der Waals surface area contributed by atoms with Crippen molar-refractivity contribution in [1.29, 1.82) is 0 Å². The maximum atomic E-state index is 12.1. The predicted octanol–water partition coefficient (Wildman–Crippen LogP) is 7.09. The number of hydrogen-bond acceptors (Lipinski definition) is 3. The number of carbonyl (C=O) groups is 1. The van der Waals surface area contributed by atoms with Crippen molar-refractivity contribution in [3.63, 3.8) is 0 Å². The number of hydrogen-bond donors (Lipinski definition) is 1. The van der Waals surface area contributed by atoms with Crippen LogP contribution in [0, 0.1) is 13.8 Å². The summed E-state index contributed by atoms with van der Waals surface area (Å²) in [4.78, 5) is 12.1. The zero-order chi connectivity index (χ0) is 22.5. The summed E-state index contributed by atoms with van der Waals surface area (Å²) >= 11 is 26.0. The molecule has 0 saturated heterocycles. The molecule has 162 valence electrons. The van der Waals surface area contributed by atoms with Crippen molar-refractivity contribution >= 4 is 70.3 Å². The van der Waals surface area contributed by atoms with Crippen molar-refractivity contribution in [2.75, 3.05) is 5.75 Å². The smallest absolute Gasteiger partial charge is 0.250 e. The summed E-state index contributed by atoms with van der Waals surface area (Å²) in [6.07, 6.45) is 1.62. The molecule has 9 heteroatoms. The van der Waals surface area contributed by atoms with E-state index in [9.17, 15) is 4.79 Å². The number of rotatable bonds is 7. The lowest BCUT2D eigenvalue weighted by atomic mass is 10.2. The van der Waals surface area contributed by atoms with Gasteiger partial charge in [0.2, 0.25) is 5.91 Å². The molecule has 1 amide bonds. The highest BCUT2D eigenvalue weighted by Gasteiger charge is 2.11. The molecule has 0 atom stereocenters. The van der Waals surface area contributed by atoms with Crippen LogP contribution in [0.5, 0.6) is 0 Å². The Kier molecular flexibility index (Phi) is 8.36. The van der Waals surface area contributed by atoms with Crippen molar-refractivity contribution in [3.05, 3.63) is 85.1 Å². The molecule has 1 N–H and O–H groups in total. The predicted molar refractivity (Wildman–Crippen MR) is 134 cm³/mol. The molecule has 3 aromatic rings. The number of amides is 1. The van der Waals surface area contributed by atoms with E-state index in [4.69, 9.17) is 46.4 Å². The second-order valence-electron chi connectivity index (χ2n) is 6.78. The van der Waals surface area contributed by atoms with Crippen LogP contribution in [-0.4, -0.2) is 22.4 Å². The molecule has 2 aromatic carbocycles. The number of aryl methyl sites for hydroxylation is 1. The highest BCUT2D eigenvalue weighted by molar-refractivity contribution is 7.99. The summed E-state index contributed by atoms with van der Waals surface area (Å²) in [6, 6.07) is 12.7. The zero-order valence-corrected chi connectivity index (χ0v) is 20.6. The Bertz CT molecular complexity index is 1100. The second kappa shape index (κ2) is 10.8. The number of halogens is 4. The Balaban J connectivity index is 1.60. The average molecular weight is 515 g/mol. The summed E-state index contributed by atoms with van der Waals surface area (Å²) in [6.45, 7) is 3.95. The molecular weight excluding hydrogens is 496 g/mol. The van der Waals surface area contributed by atoms with Crippen molar-refractivity contribution in [2.24, 2.45) is 5.10 Å². The summed E-state index contributed by atoms with van der Waals surface area (Å²) in [7, 11) is 0. The van der Waals surface area contributed by atoms with Crippen LogP contribution in [0.4, 0.5) is 0 Å². The Hall–Kier alpha value is -1.63. The summed E-state index contributed by atoms with van der Waals surface area (Å²) < 4.78 is 2.03. The van der Waals surface area contributed by atoms with Gasteiger partial charge in [0.05, 0.1) is 12.0 Å². The minimum atomic E-state index is -0.208. The summed E-state index contributed by atoms with van der Waals surface area (Å²) in [5.41, 5.74) is 7.07. The standard InChI is InChI=1S/C22H19Cl4N3OS/c1-13-6-15(14(2)29(13)18-8-16(23)7-17(24)9-18)10-27-28-22(30)12-31-11-19-20(25)4-3-5-21(19)26/h3-10H,11-12H2,1-2H3,(H,28,30)/b27-10-. The molecule has 0 aliphatic carbocycles. The molecule has 0 aliphatic heterocycles. The number of nitrogens with one attached hydrogen (secondary N) is 1. The molecule has 3 rings (SSSR count). The topological polar surface area (TPSA) is 46.4 Å². The lowest BCUT2D eigenvalue weighted by molar-refractivity contribution is -0.118. The number of nitrogens with zero attached hydrogens (tertiary/aromatic N) is 2. The van der Waals surface area contributed by atoms with Crippen LogP contribution in [0.25, 0.3) is 5.69 Å². The Morgan fingerprint density at radius 1 is 1.06 bits per heavy atom. The molecular formula is C22H19Cl4N3OS. The zero-order valence-electron chi connectivity index (χ0n) is 16.8. The van der Waals surface area contributed by atoms with E-state index in [1.807, 2.05) is 36.6 Å². The summed E-state index contributed by atoms with van der Waals surface area (Å²) in [5, 5.41) is 6.40. The Morgan fingerprint density at radius 2 is 1.71 bits per heavy atom. The molecule has 0 aliphatic rings. The van der Waals surface area contributed by atoms with Gasteiger partial charge in [0.15, 0.2) is 0 Å². The maximum absolute atomic E-state index is 12.1. The third kappa shape index (κ3) is 6.21. The molecule has 1 heterocycles. The van der Waals surface area contributed by atoms with E-state index < -0.39 is 0 Å². The van der Waals surface area contributed by atoms with Gasteiger partial charge < -0.3 is 4.57 Å². The average Bonchev–Trinajstić information content (AvgIpc) is 2.97. The van der Waals surface area contributed by atoms with Gasteiger partial charge in [-0.2, -0.15) is 5.10 Å². The van der Waals surface area contributed by atoms with Crippen molar-refractivity contribution in [1.82, 2.24) is 9.99 Å². The lowest BCUT2D eigenvalue weighted by Gasteiger charge is -2.10. The third-order valence-corrected chi connectivity index (χ3v) is 6.61. The van der Waals surface area contributed by atoms with Gasteiger partial charge in [-0.05, 0) is 55.8 Å². The fourth-order valence-electron chi connectivity index (χ4n) is 3.11. The van der Waals surface area contributed by atoms with E-state index in [2.05, 4.69) is 10.5 Å². The van der Waals surface area contributed by atoms with E-state index in [-0.39, 0.29) is 11.7 Å². The second-order valence-corrected chi connectivity index (χ2v) is 9.45. The number of aromatic nitrogens is 1. The number of thioether (sulfide) groups is 1. The first kappa shape index (κ1) is 24.0. The minimum absolute atomic E-state index is 0.208. The van der Waals surface area contributed by atoms with Gasteiger partial charge in [0.25, 0.3) is 0 Å². The Labute approximate surface area is 205 Å². The van der Waals surface area contributed by atoms with Crippen LogP contribution in [0.1, 0.15) is 22.5 Å². The van der Waals surface area contributed by atoms with Crippen LogP contribution in [0.15, 0.2) is 47.6 Å². The van der Waals surface area contributed by atoms with Gasteiger partial charge in [-0.25, -0.2) is 5.43 Å². The molecule has 0 bridgehead atoms. The SMILES string of the molecule is Cc1cc(/C=N\NC(=O)CSCc2c(Cl)cccc2Cl)c(C)n1-c1cc(Cl)cc(Cl)c1. The number of hydrazone groups is 1. The third-order valence-electron chi connectivity index (χ3n) is 4.51. The van der Waals surface area contributed by atoms with Gasteiger partial charge in [0, 0.05) is 48.5 Å². The van der Waals surface area contributed by atoms with Crippen LogP contribution in [0.3, 0.4) is 0 Å². The first-order valence-electron chi connectivity index (χ1n) is 9.24.